The molecule has 1 saturated carbocycles. The molecule has 2 aliphatic carbocycles. The summed E-state index contributed by atoms with van der Waals surface area (Å²) in [6.07, 6.45) is 8.23. The third kappa shape index (κ3) is 1.98. The number of aliphatic hydroxyl groups excluding tert-OH is 1. The number of hydrogen-bond acceptors (Lipinski definition) is 1. The van der Waals surface area contributed by atoms with Crippen molar-refractivity contribution in [1.82, 2.24) is 0 Å². The van der Waals surface area contributed by atoms with Gasteiger partial charge in [-0.3, -0.25) is 0 Å². The van der Waals surface area contributed by atoms with E-state index in [0.29, 0.717) is 18.4 Å². The van der Waals surface area contributed by atoms with Crippen molar-refractivity contribution in [3.8, 4) is 0 Å². The van der Waals surface area contributed by atoms with Crippen molar-refractivity contribution < 1.29 is 5.11 Å². The Bertz CT molecular complexity index is 315. The first-order valence-electron chi connectivity index (χ1n) is 6.51. The molecule has 0 bridgehead atoms. The molecule has 2 rings (SSSR count). The van der Waals surface area contributed by atoms with Gasteiger partial charge in [-0.1, -0.05) is 30.7 Å². The second-order valence-electron chi connectivity index (χ2n) is 6.02. The molecule has 0 radical (unpaired) electrons. The van der Waals surface area contributed by atoms with Crippen LogP contribution < -0.4 is 0 Å². The molecule has 1 nitrogen and oxygen atoms in total. The molecule has 0 spiro atoms. The van der Waals surface area contributed by atoms with E-state index in [2.05, 4.69) is 26.5 Å². The van der Waals surface area contributed by atoms with Crippen LogP contribution in [0.1, 0.15) is 46.0 Å². The molecule has 0 saturated heterocycles. The van der Waals surface area contributed by atoms with Gasteiger partial charge < -0.3 is 5.11 Å². The molecule has 1 N–H and O–H groups in total. The molecule has 2 aliphatic rings. The monoisotopic (exact) mass is 220 g/mol. The fraction of sp³-hybridized carbons (Fsp3) is 0.733. The average molecular weight is 220 g/mol. The molecule has 16 heavy (non-hydrogen) atoms. The van der Waals surface area contributed by atoms with Crippen LogP contribution in [0.4, 0.5) is 0 Å². The maximum atomic E-state index is 9.52. The second kappa shape index (κ2) is 4.37. The second-order valence-corrected chi connectivity index (χ2v) is 6.02. The van der Waals surface area contributed by atoms with E-state index in [9.17, 15) is 5.11 Å². The van der Waals surface area contributed by atoms with Gasteiger partial charge in [0.25, 0.3) is 0 Å². The molecule has 0 aromatic carbocycles. The molecule has 90 valence electrons. The molecular formula is C15H24O. The summed E-state index contributed by atoms with van der Waals surface area (Å²) in [7, 11) is 0. The van der Waals surface area contributed by atoms with E-state index in [0.717, 1.165) is 19.3 Å². The van der Waals surface area contributed by atoms with E-state index in [1.165, 1.54) is 24.0 Å². The van der Waals surface area contributed by atoms with Crippen molar-refractivity contribution in [2.75, 3.05) is 6.61 Å². The van der Waals surface area contributed by atoms with Gasteiger partial charge >= 0.3 is 0 Å². The molecule has 0 heterocycles. The van der Waals surface area contributed by atoms with E-state index in [4.69, 9.17) is 0 Å². The minimum absolute atomic E-state index is 0.165. The molecule has 1 fully saturated rings. The maximum absolute atomic E-state index is 9.52. The van der Waals surface area contributed by atoms with Gasteiger partial charge in [-0.2, -0.15) is 0 Å². The van der Waals surface area contributed by atoms with Crippen LogP contribution in [0, 0.1) is 17.3 Å². The van der Waals surface area contributed by atoms with Gasteiger partial charge in [-0.05, 0) is 56.3 Å². The first-order chi connectivity index (χ1) is 7.57. The molecule has 3 atom stereocenters. The van der Waals surface area contributed by atoms with Crippen LogP contribution in [0.2, 0.25) is 0 Å². The lowest BCUT2D eigenvalue weighted by molar-refractivity contribution is -0.0568. The van der Waals surface area contributed by atoms with Crippen LogP contribution in [0.3, 0.4) is 0 Å². The lowest BCUT2D eigenvalue weighted by atomic mass is 9.51. The topological polar surface area (TPSA) is 20.2 Å². The SMILES string of the molecule is C=C1CC/C=C(/C)CC[C@@H]2[C@@H]1CC2(C)CO. The predicted molar refractivity (Wildman–Crippen MR) is 68.2 cm³/mol. The Morgan fingerprint density at radius 2 is 2.25 bits per heavy atom. The van der Waals surface area contributed by atoms with Gasteiger partial charge in [-0.25, -0.2) is 0 Å². The van der Waals surface area contributed by atoms with E-state index >= 15 is 0 Å². The molecular weight excluding hydrogens is 196 g/mol. The van der Waals surface area contributed by atoms with Crippen LogP contribution in [0.15, 0.2) is 23.8 Å². The van der Waals surface area contributed by atoms with Crippen molar-refractivity contribution in [2.45, 2.75) is 46.0 Å². The first kappa shape index (κ1) is 11.9. The highest BCUT2D eigenvalue weighted by molar-refractivity contribution is 5.17. The van der Waals surface area contributed by atoms with Crippen LogP contribution in [0.5, 0.6) is 0 Å². The standard InChI is InChI=1S/C15H24O/c1-11-5-4-6-12(2)13-9-15(3,10-16)14(13)8-7-11/h5,13-14,16H,2,4,6-10H2,1,3H3/b11-5-/t13-,14-,15?/m1/s1. The summed E-state index contributed by atoms with van der Waals surface area (Å²) >= 11 is 0. The smallest absolute Gasteiger partial charge is 0.0487 e. The summed E-state index contributed by atoms with van der Waals surface area (Å²) in [6.45, 7) is 9.06. The summed E-state index contributed by atoms with van der Waals surface area (Å²) in [5.74, 6) is 1.34. The van der Waals surface area contributed by atoms with E-state index < -0.39 is 0 Å². The Morgan fingerprint density at radius 1 is 1.50 bits per heavy atom. The largest absolute Gasteiger partial charge is 0.396 e. The summed E-state index contributed by atoms with van der Waals surface area (Å²) in [5.41, 5.74) is 3.10. The number of rotatable bonds is 1. The third-order valence-electron chi connectivity index (χ3n) is 4.76. The molecule has 0 amide bonds. The summed E-state index contributed by atoms with van der Waals surface area (Å²) in [5, 5.41) is 9.52. The highest BCUT2D eigenvalue weighted by Gasteiger charge is 2.50. The summed E-state index contributed by atoms with van der Waals surface area (Å²) < 4.78 is 0. The van der Waals surface area contributed by atoms with Gasteiger partial charge in [-0.15, -0.1) is 0 Å². The number of hydrogen-bond donors (Lipinski definition) is 1. The van der Waals surface area contributed by atoms with Gasteiger partial charge in [0.15, 0.2) is 0 Å². The molecule has 1 heteroatoms. The van der Waals surface area contributed by atoms with Gasteiger partial charge in [0.05, 0.1) is 0 Å². The van der Waals surface area contributed by atoms with Crippen LogP contribution in [-0.4, -0.2) is 11.7 Å². The van der Waals surface area contributed by atoms with Crippen molar-refractivity contribution in [2.24, 2.45) is 17.3 Å². The predicted octanol–water partition coefficient (Wildman–Crippen LogP) is 3.70. The molecule has 1 unspecified atom stereocenters. The van der Waals surface area contributed by atoms with Crippen molar-refractivity contribution >= 4 is 0 Å². The fourth-order valence-corrected chi connectivity index (χ4v) is 3.46. The van der Waals surface area contributed by atoms with E-state index in [1.807, 2.05) is 0 Å². The van der Waals surface area contributed by atoms with Crippen molar-refractivity contribution in [3.05, 3.63) is 23.8 Å². The molecule has 0 aromatic rings. The van der Waals surface area contributed by atoms with Gasteiger partial charge in [0.2, 0.25) is 0 Å². The molecule has 0 aromatic heterocycles. The number of fused-ring (bicyclic) bond motifs is 1. The highest BCUT2D eigenvalue weighted by Crippen LogP contribution is 2.56. The summed E-state index contributed by atoms with van der Waals surface area (Å²) in [6, 6.07) is 0. The lowest BCUT2D eigenvalue weighted by Gasteiger charge is -2.54. The normalized spacial score (nSPS) is 43.2. The minimum Gasteiger partial charge on any atom is -0.396 e. The van der Waals surface area contributed by atoms with Gasteiger partial charge in [0, 0.05) is 6.61 Å². The number of allylic oxidation sites excluding steroid dienone is 3. The lowest BCUT2D eigenvalue weighted by Crippen LogP contribution is -2.48. The van der Waals surface area contributed by atoms with Crippen molar-refractivity contribution in [3.63, 3.8) is 0 Å². The Balaban J connectivity index is 2.13. The maximum Gasteiger partial charge on any atom is 0.0487 e. The minimum atomic E-state index is 0.165. The van der Waals surface area contributed by atoms with Gasteiger partial charge in [0.1, 0.15) is 0 Å². The first-order valence-corrected chi connectivity index (χ1v) is 6.51. The van der Waals surface area contributed by atoms with Crippen LogP contribution in [0.25, 0.3) is 0 Å². The Hall–Kier alpha value is -0.560. The van der Waals surface area contributed by atoms with E-state index in [-0.39, 0.29) is 5.41 Å². The number of aliphatic hydroxyl groups is 1. The Morgan fingerprint density at radius 3 is 2.94 bits per heavy atom. The highest BCUT2D eigenvalue weighted by atomic mass is 16.3. The van der Waals surface area contributed by atoms with Crippen LogP contribution >= 0.6 is 0 Å². The zero-order valence-electron chi connectivity index (χ0n) is 10.6. The van der Waals surface area contributed by atoms with Crippen LogP contribution in [-0.2, 0) is 0 Å². The zero-order valence-corrected chi connectivity index (χ0v) is 10.6. The molecule has 0 aliphatic heterocycles. The fourth-order valence-electron chi connectivity index (χ4n) is 3.46. The summed E-state index contributed by atoms with van der Waals surface area (Å²) in [4.78, 5) is 0. The Kier molecular flexibility index (Phi) is 3.25. The van der Waals surface area contributed by atoms with E-state index in [1.54, 1.807) is 0 Å². The third-order valence-corrected chi connectivity index (χ3v) is 4.76. The van der Waals surface area contributed by atoms with Crippen molar-refractivity contribution in [1.29, 1.82) is 0 Å². The zero-order chi connectivity index (χ0) is 11.8. The average Bonchev–Trinajstić information content (AvgIpc) is 2.29. The Labute approximate surface area is 99.3 Å². The quantitative estimate of drug-likeness (QED) is 0.668.